The first kappa shape index (κ1) is 9.22. The summed E-state index contributed by atoms with van der Waals surface area (Å²) < 4.78 is 5.76. The van der Waals surface area contributed by atoms with Crippen molar-refractivity contribution in [3.8, 4) is 0 Å². The quantitative estimate of drug-likeness (QED) is 0.668. The molecular formula is C11H19NO. The molecule has 0 aliphatic carbocycles. The van der Waals surface area contributed by atoms with E-state index in [1.165, 1.54) is 24.8 Å². The number of hydrogen-bond acceptors (Lipinski definition) is 2. The molecule has 2 saturated heterocycles. The van der Waals surface area contributed by atoms with Crippen LogP contribution in [0.1, 0.15) is 32.6 Å². The van der Waals surface area contributed by atoms with Gasteiger partial charge in [0.05, 0.1) is 12.2 Å². The molecule has 0 amide bonds. The molecule has 0 spiro atoms. The van der Waals surface area contributed by atoms with Crippen molar-refractivity contribution in [1.29, 1.82) is 0 Å². The second-order valence-corrected chi connectivity index (χ2v) is 4.38. The van der Waals surface area contributed by atoms with Gasteiger partial charge in [0.2, 0.25) is 0 Å². The molecule has 2 aliphatic heterocycles. The lowest BCUT2D eigenvalue weighted by Crippen LogP contribution is -2.38. The lowest BCUT2D eigenvalue weighted by atomic mass is 9.95. The summed E-state index contributed by atoms with van der Waals surface area (Å²) in [5.74, 6) is 0. The number of rotatable bonds is 4. The molecule has 0 aromatic rings. The molecule has 2 nitrogen and oxygen atoms in total. The third kappa shape index (κ3) is 2.12. The molecule has 3 unspecified atom stereocenters. The van der Waals surface area contributed by atoms with Crippen molar-refractivity contribution < 1.29 is 4.74 Å². The van der Waals surface area contributed by atoms with E-state index in [1.54, 1.807) is 0 Å². The number of fused-ring (bicyclic) bond motifs is 2. The summed E-state index contributed by atoms with van der Waals surface area (Å²) in [4.78, 5) is 0. The summed E-state index contributed by atoms with van der Waals surface area (Å²) in [6.07, 6.45) is 5.93. The first-order valence-corrected chi connectivity index (χ1v) is 5.29. The normalized spacial score (nSPS) is 36.8. The van der Waals surface area contributed by atoms with E-state index < -0.39 is 0 Å². The minimum Gasteiger partial charge on any atom is -0.373 e. The number of ether oxygens (including phenoxy) is 1. The zero-order valence-corrected chi connectivity index (χ0v) is 8.38. The van der Waals surface area contributed by atoms with Crippen LogP contribution in [0.5, 0.6) is 0 Å². The molecule has 2 heterocycles. The fourth-order valence-corrected chi connectivity index (χ4v) is 2.32. The third-order valence-corrected chi connectivity index (χ3v) is 3.06. The Morgan fingerprint density at radius 1 is 1.54 bits per heavy atom. The minimum absolute atomic E-state index is 0.509. The predicted octanol–water partition coefficient (Wildman–Crippen LogP) is 1.86. The highest BCUT2D eigenvalue weighted by molar-refractivity contribution is 4.95. The summed E-state index contributed by atoms with van der Waals surface area (Å²) >= 11 is 0. The maximum Gasteiger partial charge on any atom is 0.0733 e. The number of nitrogens with one attached hydrogen (secondary N) is 1. The molecule has 2 aliphatic rings. The molecule has 0 aromatic heterocycles. The standard InChI is InChI=1S/C11H19NO/c1-8(2)5-6-12-10-7-9-3-4-11(10)13-9/h9-12H,1,3-7H2,2H3. The molecule has 0 aromatic carbocycles. The van der Waals surface area contributed by atoms with Gasteiger partial charge in [0.15, 0.2) is 0 Å². The molecular weight excluding hydrogens is 162 g/mol. The molecule has 0 radical (unpaired) electrons. The van der Waals surface area contributed by atoms with Gasteiger partial charge >= 0.3 is 0 Å². The Bertz CT molecular complexity index is 202. The van der Waals surface area contributed by atoms with Crippen molar-refractivity contribution in [3.05, 3.63) is 12.2 Å². The summed E-state index contributed by atoms with van der Waals surface area (Å²) in [6.45, 7) is 7.04. The number of hydrogen-bond donors (Lipinski definition) is 1. The molecule has 3 atom stereocenters. The topological polar surface area (TPSA) is 21.3 Å². The van der Waals surface area contributed by atoms with Gasteiger partial charge in [-0.3, -0.25) is 0 Å². The maximum absolute atomic E-state index is 5.76. The van der Waals surface area contributed by atoms with Crippen molar-refractivity contribution in [2.45, 2.75) is 50.9 Å². The largest absolute Gasteiger partial charge is 0.373 e. The van der Waals surface area contributed by atoms with Crippen LogP contribution in [-0.2, 0) is 4.74 Å². The average Bonchev–Trinajstić information content (AvgIpc) is 2.64. The Balaban J connectivity index is 1.68. The second-order valence-electron chi connectivity index (χ2n) is 4.38. The lowest BCUT2D eigenvalue weighted by molar-refractivity contribution is 0.0975. The van der Waals surface area contributed by atoms with Gasteiger partial charge in [-0.05, 0) is 39.2 Å². The van der Waals surface area contributed by atoms with Crippen LogP contribution in [0.2, 0.25) is 0 Å². The first-order chi connectivity index (χ1) is 6.25. The molecule has 2 rings (SSSR count). The second kappa shape index (κ2) is 3.81. The SMILES string of the molecule is C=C(C)CCNC1CC2CCC1O2. The molecule has 2 heteroatoms. The molecule has 1 N–H and O–H groups in total. The van der Waals surface area contributed by atoms with Gasteiger partial charge in [0, 0.05) is 6.04 Å². The highest BCUT2D eigenvalue weighted by Gasteiger charge is 2.40. The third-order valence-electron chi connectivity index (χ3n) is 3.06. The molecule has 2 bridgehead atoms. The van der Waals surface area contributed by atoms with E-state index in [-0.39, 0.29) is 0 Å². The van der Waals surface area contributed by atoms with E-state index in [9.17, 15) is 0 Å². The van der Waals surface area contributed by atoms with Crippen LogP contribution in [0.3, 0.4) is 0 Å². The fraction of sp³-hybridized carbons (Fsp3) is 0.818. The Labute approximate surface area is 80.4 Å². The van der Waals surface area contributed by atoms with Gasteiger partial charge in [0.25, 0.3) is 0 Å². The van der Waals surface area contributed by atoms with Crippen LogP contribution in [-0.4, -0.2) is 24.8 Å². The van der Waals surface area contributed by atoms with Crippen molar-refractivity contribution in [1.82, 2.24) is 5.32 Å². The highest BCUT2D eigenvalue weighted by Crippen LogP contribution is 2.34. The highest BCUT2D eigenvalue weighted by atomic mass is 16.5. The Hall–Kier alpha value is -0.340. The summed E-state index contributed by atoms with van der Waals surface area (Å²) in [6, 6.07) is 0.623. The van der Waals surface area contributed by atoms with Crippen molar-refractivity contribution in [2.24, 2.45) is 0 Å². The van der Waals surface area contributed by atoms with E-state index in [0.717, 1.165) is 13.0 Å². The average molecular weight is 181 g/mol. The smallest absolute Gasteiger partial charge is 0.0733 e. The van der Waals surface area contributed by atoms with E-state index in [1.807, 2.05) is 0 Å². The van der Waals surface area contributed by atoms with E-state index in [4.69, 9.17) is 4.74 Å². The zero-order chi connectivity index (χ0) is 9.26. The van der Waals surface area contributed by atoms with Gasteiger partial charge in [-0.1, -0.05) is 5.57 Å². The van der Waals surface area contributed by atoms with E-state index in [0.29, 0.717) is 18.2 Å². The maximum atomic E-state index is 5.76. The molecule has 13 heavy (non-hydrogen) atoms. The monoisotopic (exact) mass is 181 g/mol. The van der Waals surface area contributed by atoms with Crippen LogP contribution < -0.4 is 5.32 Å². The first-order valence-electron chi connectivity index (χ1n) is 5.29. The van der Waals surface area contributed by atoms with Crippen LogP contribution in [0, 0.1) is 0 Å². The van der Waals surface area contributed by atoms with Crippen molar-refractivity contribution in [3.63, 3.8) is 0 Å². The van der Waals surface area contributed by atoms with Gasteiger partial charge < -0.3 is 10.1 Å². The Morgan fingerprint density at radius 3 is 2.92 bits per heavy atom. The van der Waals surface area contributed by atoms with Crippen LogP contribution >= 0.6 is 0 Å². The Morgan fingerprint density at radius 2 is 2.38 bits per heavy atom. The zero-order valence-electron chi connectivity index (χ0n) is 8.38. The van der Waals surface area contributed by atoms with Gasteiger partial charge in [-0.15, -0.1) is 6.58 Å². The fourth-order valence-electron chi connectivity index (χ4n) is 2.32. The van der Waals surface area contributed by atoms with E-state index >= 15 is 0 Å². The van der Waals surface area contributed by atoms with Crippen LogP contribution in [0.25, 0.3) is 0 Å². The van der Waals surface area contributed by atoms with Gasteiger partial charge in [-0.2, -0.15) is 0 Å². The summed E-state index contributed by atoms with van der Waals surface area (Å²) in [7, 11) is 0. The Kier molecular flexibility index (Phi) is 2.70. The van der Waals surface area contributed by atoms with Crippen molar-refractivity contribution in [2.75, 3.05) is 6.54 Å². The van der Waals surface area contributed by atoms with E-state index in [2.05, 4.69) is 18.8 Å². The van der Waals surface area contributed by atoms with Crippen molar-refractivity contribution >= 4 is 0 Å². The minimum atomic E-state index is 0.509. The van der Waals surface area contributed by atoms with Crippen LogP contribution in [0.15, 0.2) is 12.2 Å². The summed E-state index contributed by atoms with van der Waals surface area (Å²) in [5.41, 5.74) is 1.26. The predicted molar refractivity (Wildman–Crippen MR) is 53.7 cm³/mol. The molecule has 2 fully saturated rings. The molecule has 0 saturated carbocycles. The van der Waals surface area contributed by atoms with Gasteiger partial charge in [-0.25, -0.2) is 0 Å². The van der Waals surface area contributed by atoms with Gasteiger partial charge in [0.1, 0.15) is 0 Å². The van der Waals surface area contributed by atoms with Crippen LogP contribution in [0.4, 0.5) is 0 Å². The lowest BCUT2D eigenvalue weighted by Gasteiger charge is -2.19. The molecule has 74 valence electrons. The summed E-state index contributed by atoms with van der Waals surface area (Å²) in [5, 5.41) is 3.56.